The van der Waals surface area contributed by atoms with Crippen molar-refractivity contribution in [1.82, 2.24) is 9.88 Å². The minimum atomic E-state index is 0.642. The van der Waals surface area contributed by atoms with Gasteiger partial charge in [-0.05, 0) is 96.9 Å². The van der Waals surface area contributed by atoms with Crippen molar-refractivity contribution in [1.29, 1.82) is 0 Å². The Morgan fingerprint density at radius 1 is 1.09 bits per heavy atom. The van der Waals surface area contributed by atoms with Crippen LogP contribution in [-0.2, 0) is 6.42 Å². The molecule has 3 aromatic rings. The molecule has 34 heavy (non-hydrogen) atoms. The zero-order valence-electron chi connectivity index (χ0n) is 19.9. The van der Waals surface area contributed by atoms with E-state index in [9.17, 15) is 0 Å². The predicted octanol–water partition coefficient (Wildman–Crippen LogP) is 5.31. The van der Waals surface area contributed by atoms with Crippen molar-refractivity contribution in [3.63, 3.8) is 0 Å². The quantitative estimate of drug-likeness (QED) is 0.390. The first-order valence-electron chi connectivity index (χ1n) is 12.6. The van der Waals surface area contributed by atoms with E-state index in [1.165, 1.54) is 51.4 Å². The Labute approximate surface area is 208 Å². The summed E-state index contributed by atoms with van der Waals surface area (Å²) in [4.78, 5) is 6.46. The second-order valence-electron chi connectivity index (χ2n) is 9.48. The number of fused-ring (bicyclic) bond motifs is 1. The van der Waals surface area contributed by atoms with Gasteiger partial charge in [-0.2, -0.15) is 12.6 Å². The predicted molar refractivity (Wildman–Crippen MR) is 149 cm³/mol. The maximum absolute atomic E-state index is 4.62. The Kier molecular flexibility index (Phi) is 7.27. The number of nitrogens with one attached hydrogen (secondary N) is 2. The highest BCUT2D eigenvalue weighted by molar-refractivity contribution is 7.80. The molecule has 2 N–H and O–H groups in total. The van der Waals surface area contributed by atoms with Crippen LogP contribution < -0.4 is 15.9 Å². The molecule has 2 aromatic carbocycles. The van der Waals surface area contributed by atoms with Crippen LogP contribution in [0, 0.1) is 0 Å². The van der Waals surface area contributed by atoms with Gasteiger partial charge in [0.15, 0.2) is 0 Å². The summed E-state index contributed by atoms with van der Waals surface area (Å²) in [5.41, 5.74) is 8.08. The highest BCUT2D eigenvalue weighted by Crippen LogP contribution is 2.30. The van der Waals surface area contributed by atoms with Gasteiger partial charge in [-0.1, -0.05) is 55.1 Å². The van der Waals surface area contributed by atoms with Crippen LogP contribution in [0.3, 0.4) is 0 Å². The van der Waals surface area contributed by atoms with Crippen LogP contribution in [0.5, 0.6) is 0 Å². The number of aromatic nitrogens is 1. The minimum absolute atomic E-state index is 0.642. The third kappa shape index (κ3) is 4.89. The maximum atomic E-state index is 4.62. The Balaban J connectivity index is 1.31. The number of hydrogen-bond acceptors (Lipinski definition) is 3. The molecule has 0 radical (unpaired) electrons. The Hall–Kier alpha value is -2.69. The SMILES string of the molecule is C=CNc1cccc(C2CCN(CCc3c(-c4ccccc4)[nH]c4c3=CCCC=4CS)CC2)c1. The number of anilines is 1. The van der Waals surface area contributed by atoms with E-state index >= 15 is 0 Å². The molecule has 0 amide bonds. The number of nitrogens with zero attached hydrogens (tertiary/aromatic N) is 1. The molecule has 4 heteroatoms. The molecule has 0 unspecified atom stereocenters. The van der Waals surface area contributed by atoms with Crippen LogP contribution in [0.1, 0.15) is 42.7 Å². The third-order valence-electron chi connectivity index (χ3n) is 7.44. The Bertz CT molecular complexity index is 1250. The fraction of sp³-hybridized carbons (Fsp3) is 0.333. The summed E-state index contributed by atoms with van der Waals surface area (Å²) < 4.78 is 0. The van der Waals surface area contributed by atoms with Crippen LogP contribution in [0.15, 0.2) is 67.4 Å². The molecule has 1 saturated heterocycles. The molecule has 3 nitrogen and oxygen atoms in total. The van der Waals surface area contributed by atoms with Crippen molar-refractivity contribution < 1.29 is 0 Å². The molecule has 2 heterocycles. The first-order chi connectivity index (χ1) is 16.8. The zero-order valence-corrected chi connectivity index (χ0v) is 20.8. The molecular weight excluding hydrogens is 434 g/mol. The summed E-state index contributed by atoms with van der Waals surface area (Å²) in [7, 11) is 0. The average molecular weight is 470 g/mol. The van der Waals surface area contributed by atoms with Crippen molar-refractivity contribution >= 4 is 30.0 Å². The first kappa shape index (κ1) is 23.1. The summed E-state index contributed by atoms with van der Waals surface area (Å²) in [6.07, 6.45) is 9.94. The monoisotopic (exact) mass is 469 g/mol. The van der Waals surface area contributed by atoms with Gasteiger partial charge in [-0.3, -0.25) is 0 Å². The molecule has 0 spiro atoms. The molecule has 0 saturated carbocycles. The Morgan fingerprint density at radius 2 is 1.91 bits per heavy atom. The van der Waals surface area contributed by atoms with Gasteiger partial charge in [-0.15, -0.1) is 0 Å². The van der Waals surface area contributed by atoms with Gasteiger partial charge < -0.3 is 15.2 Å². The highest BCUT2D eigenvalue weighted by Gasteiger charge is 2.22. The number of H-pyrrole nitrogens is 1. The van der Waals surface area contributed by atoms with Crippen LogP contribution >= 0.6 is 12.6 Å². The van der Waals surface area contributed by atoms with Gasteiger partial charge >= 0.3 is 0 Å². The van der Waals surface area contributed by atoms with Crippen LogP contribution in [0.25, 0.3) is 22.9 Å². The van der Waals surface area contributed by atoms with Crippen LogP contribution in [0.4, 0.5) is 5.69 Å². The van der Waals surface area contributed by atoms with Crippen molar-refractivity contribution in [2.45, 2.75) is 38.0 Å². The number of hydrogen-bond donors (Lipinski definition) is 3. The molecule has 5 rings (SSSR count). The normalized spacial score (nSPS) is 16.7. The fourth-order valence-corrected chi connectivity index (χ4v) is 5.92. The number of piperidine rings is 1. The van der Waals surface area contributed by atoms with E-state index < -0.39 is 0 Å². The van der Waals surface area contributed by atoms with E-state index in [4.69, 9.17) is 0 Å². The van der Waals surface area contributed by atoms with E-state index in [2.05, 4.69) is 95.1 Å². The summed E-state index contributed by atoms with van der Waals surface area (Å²) >= 11 is 4.62. The van der Waals surface area contributed by atoms with E-state index in [1.807, 2.05) is 0 Å². The van der Waals surface area contributed by atoms with Crippen molar-refractivity contribution in [3.8, 4) is 11.3 Å². The lowest BCUT2D eigenvalue weighted by Gasteiger charge is -2.32. The lowest BCUT2D eigenvalue weighted by atomic mass is 9.89. The lowest BCUT2D eigenvalue weighted by Crippen LogP contribution is -2.36. The molecule has 1 aromatic heterocycles. The van der Waals surface area contributed by atoms with Gasteiger partial charge in [0.1, 0.15) is 0 Å². The number of rotatable bonds is 8. The average Bonchev–Trinajstić information content (AvgIpc) is 3.27. The Morgan fingerprint density at radius 3 is 2.68 bits per heavy atom. The fourth-order valence-electron chi connectivity index (χ4n) is 5.60. The summed E-state index contributed by atoms with van der Waals surface area (Å²) in [6.45, 7) is 7.22. The van der Waals surface area contributed by atoms with Crippen molar-refractivity contribution in [2.75, 3.05) is 30.7 Å². The second-order valence-corrected chi connectivity index (χ2v) is 9.79. The molecule has 1 aliphatic carbocycles. The summed E-state index contributed by atoms with van der Waals surface area (Å²) in [6, 6.07) is 19.6. The largest absolute Gasteiger partial charge is 0.362 e. The van der Waals surface area contributed by atoms with E-state index in [0.29, 0.717) is 5.92 Å². The minimum Gasteiger partial charge on any atom is -0.362 e. The number of benzene rings is 2. The summed E-state index contributed by atoms with van der Waals surface area (Å²) in [5, 5.41) is 5.97. The highest BCUT2D eigenvalue weighted by atomic mass is 32.1. The lowest BCUT2D eigenvalue weighted by molar-refractivity contribution is 0.214. The van der Waals surface area contributed by atoms with Crippen LogP contribution in [-0.4, -0.2) is 35.3 Å². The molecule has 176 valence electrons. The maximum Gasteiger partial charge on any atom is 0.0497 e. The van der Waals surface area contributed by atoms with E-state index in [0.717, 1.165) is 50.3 Å². The van der Waals surface area contributed by atoms with Crippen molar-refractivity contribution in [3.05, 3.63) is 89.1 Å². The van der Waals surface area contributed by atoms with Crippen molar-refractivity contribution in [2.24, 2.45) is 0 Å². The van der Waals surface area contributed by atoms with Gasteiger partial charge in [0.25, 0.3) is 0 Å². The van der Waals surface area contributed by atoms with Gasteiger partial charge in [0, 0.05) is 29.0 Å². The molecule has 2 aliphatic rings. The smallest absolute Gasteiger partial charge is 0.0497 e. The van der Waals surface area contributed by atoms with Gasteiger partial charge in [0.05, 0.1) is 0 Å². The van der Waals surface area contributed by atoms with E-state index in [1.54, 1.807) is 6.20 Å². The number of thiol groups is 1. The standard InChI is InChI=1S/C30H35N3S/c1-2-31-26-12-6-10-24(20-26)22-14-17-33(18-15-22)19-16-28-27-13-7-11-25(21-34)30(27)32-29(28)23-8-4-3-5-9-23/h2-6,8-10,12-13,20,22,31-32,34H,1,7,11,14-19,21H2. The third-order valence-corrected chi connectivity index (χ3v) is 7.82. The summed E-state index contributed by atoms with van der Waals surface area (Å²) in [5.74, 6) is 1.47. The number of aromatic amines is 1. The first-order valence-corrected chi connectivity index (χ1v) is 13.2. The molecular formula is C30H35N3S. The second kappa shape index (κ2) is 10.7. The molecule has 1 aliphatic heterocycles. The topological polar surface area (TPSA) is 31.1 Å². The molecule has 0 bridgehead atoms. The van der Waals surface area contributed by atoms with E-state index in [-0.39, 0.29) is 0 Å². The van der Waals surface area contributed by atoms with Gasteiger partial charge in [-0.25, -0.2) is 0 Å². The molecule has 0 atom stereocenters. The number of likely N-dealkylation sites (tertiary alicyclic amines) is 1. The molecule has 1 fully saturated rings. The van der Waals surface area contributed by atoms with Gasteiger partial charge in [0.2, 0.25) is 0 Å². The zero-order chi connectivity index (χ0) is 23.3. The van der Waals surface area contributed by atoms with Crippen LogP contribution in [0.2, 0.25) is 0 Å².